The molecular formula is C21H21N5O2S. The Kier molecular flexibility index (Phi) is 4.87. The van der Waals surface area contributed by atoms with Crippen molar-refractivity contribution in [3.05, 3.63) is 54.1 Å². The Labute approximate surface area is 173 Å². The van der Waals surface area contributed by atoms with E-state index in [1.165, 1.54) is 18.7 Å². The molecule has 1 atom stereocenters. The number of para-hydroxylation sites is 1. The number of thioether (sulfide) groups is 1. The van der Waals surface area contributed by atoms with Crippen LogP contribution >= 0.6 is 11.8 Å². The number of anilines is 2. The van der Waals surface area contributed by atoms with E-state index in [4.69, 9.17) is 0 Å². The molecule has 0 radical (unpaired) electrons. The average molecular weight is 407 g/mol. The highest BCUT2D eigenvalue weighted by Gasteiger charge is 2.43. The lowest BCUT2D eigenvalue weighted by Crippen LogP contribution is -2.58. The van der Waals surface area contributed by atoms with Crippen LogP contribution in [0, 0.1) is 0 Å². The summed E-state index contributed by atoms with van der Waals surface area (Å²) in [7, 11) is 3.94. The maximum absolute atomic E-state index is 12.9. The molecule has 29 heavy (non-hydrogen) atoms. The van der Waals surface area contributed by atoms with Gasteiger partial charge < -0.3 is 10.0 Å². The minimum atomic E-state index is -0.574. The molecule has 0 fully saturated rings. The normalized spacial score (nSPS) is 14.9. The highest BCUT2D eigenvalue weighted by atomic mass is 32.2. The molecule has 0 saturated heterocycles. The smallest absolute Gasteiger partial charge is 0.293 e. The second-order valence-electron chi connectivity index (χ2n) is 6.96. The van der Waals surface area contributed by atoms with Crippen molar-refractivity contribution in [2.45, 2.75) is 18.2 Å². The second kappa shape index (κ2) is 7.36. The van der Waals surface area contributed by atoms with Gasteiger partial charge in [-0.05, 0) is 42.7 Å². The number of nitrogens with zero attached hydrogens (tertiary/aromatic N) is 5. The van der Waals surface area contributed by atoms with E-state index in [1.807, 2.05) is 73.8 Å². The van der Waals surface area contributed by atoms with Crippen molar-refractivity contribution in [3.63, 3.8) is 0 Å². The predicted molar refractivity (Wildman–Crippen MR) is 111 cm³/mol. The quantitative estimate of drug-likeness (QED) is 0.489. The molecule has 0 saturated carbocycles. The van der Waals surface area contributed by atoms with Gasteiger partial charge in [-0.3, -0.25) is 4.79 Å². The molecule has 4 rings (SSSR count). The highest BCUT2D eigenvalue weighted by molar-refractivity contribution is 7.98. The van der Waals surface area contributed by atoms with Crippen LogP contribution in [0.1, 0.15) is 18.7 Å². The zero-order valence-electron chi connectivity index (χ0n) is 16.7. The summed E-state index contributed by atoms with van der Waals surface area (Å²) >= 11 is 1.30. The third-order valence-electron chi connectivity index (χ3n) is 4.95. The van der Waals surface area contributed by atoms with Gasteiger partial charge in [-0.25, -0.2) is 9.88 Å². The van der Waals surface area contributed by atoms with E-state index in [0.29, 0.717) is 22.1 Å². The zero-order valence-corrected chi connectivity index (χ0v) is 17.5. The molecule has 2 aromatic carbocycles. The summed E-state index contributed by atoms with van der Waals surface area (Å²) in [5, 5.41) is 17.9. The summed E-state index contributed by atoms with van der Waals surface area (Å²) in [5.41, 5.74) is 3.62. The van der Waals surface area contributed by atoms with E-state index in [9.17, 15) is 9.90 Å². The molecule has 0 aliphatic carbocycles. The third-order valence-corrected chi connectivity index (χ3v) is 5.48. The van der Waals surface area contributed by atoms with Crippen molar-refractivity contribution in [2.24, 2.45) is 0 Å². The molecule has 3 aromatic rings. The number of aromatic nitrogens is 3. The van der Waals surface area contributed by atoms with E-state index in [-0.39, 0.29) is 11.8 Å². The fraction of sp³-hybridized carbons (Fsp3) is 0.238. The van der Waals surface area contributed by atoms with Crippen molar-refractivity contribution in [2.75, 3.05) is 30.2 Å². The Balaban J connectivity index is 2.01. The Morgan fingerprint density at radius 1 is 1.17 bits per heavy atom. The number of benzene rings is 2. The molecule has 1 amide bonds. The van der Waals surface area contributed by atoms with Crippen LogP contribution in [0.5, 0.6) is 5.88 Å². The van der Waals surface area contributed by atoms with E-state index in [0.717, 1.165) is 11.3 Å². The van der Waals surface area contributed by atoms with Gasteiger partial charge in [-0.2, -0.15) is 0 Å². The Hall–Kier alpha value is -3.13. The third kappa shape index (κ3) is 3.19. The van der Waals surface area contributed by atoms with Crippen molar-refractivity contribution in [1.82, 2.24) is 10.1 Å². The molecule has 1 aromatic heterocycles. The summed E-state index contributed by atoms with van der Waals surface area (Å²) in [4.78, 5) is 20.5. The summed E-state index contributed by atoms with van der Waals surface area (Å²) in [5.74, 6) is -0.482. The lowest BCUT2D eigenvalue weighted by molar-refractivity contribution is -0.764. The fourth-order valence-electron chi connectivity index (χ4n) is 3.61. The van der Waals surface area contributed by atoms with Gasteiger partial charge in [0.2, 0.25) is 5.91 Å². The summed E-state index contributed by atoms with van der Waals surface area (Å²) < 4.78 is 1.63. The van der Waals surface area contributed by atoms with E-state index in [2.05, 4.69) is 10.1 Å². The van der Waals surface area contributed by atoms with Gasteiger partial charge in [0, 0.05) is 37.4 Å². The first-order valence-electron chi connectivity index (χ1n) is 9.13. The minimum Gasteiger partial charge on any atom is -0.854 e. The van der Waals surface area contributed by atoms with Crippen LogP contribution in [0.4, 0.5) is 11.4 Å². The molecule has 0 spiro atoms. The number of hydrogen-bond donors (Lipinski definition) is 0. The lowest BCUT2D eigenvalue weighted by atomic mass is 10.0. The topological polar surface area (TPSA) is 76.3 Å². The van der Waals surface area contributed by atoms with Crippen LogP contribution in [0.15, 0.2) is 53.7 Å². The Morgan fingerprint density at radius 2 is 1.86 bits per heavy atom. The van der Waals surface area contributed by atoms with E-state index in [1.54, 1.807) is 9.58 Å². The van der Waals surface area contributed by atoms with Gasteiger partial charge in [-0.1, -0.05) is 28.6 Å². The van der Waals surface area contributed by atoms with Crippen LogP contribution in [0.3, 0.4) is 0 Å². The van der Waals surface area contributed by atoms with Crippen molar-refractivity contribution < 1.29 is 14.6 Å². The highest BCUT2D eigenvalue weighted by Crippen LogP contribution is 2.40. The molecule has 1 aliphatic heterocycles. The number of hydrogen-bond acceptors (Lipinski definition) is 6. The van der Waals surface area contributed by atoms with Crippen molar-refractivity contribution in [3.8, 4) is 17.1 Å². The SMILES string of the molecule is CSc1nc([O-])c2[n+](n1)C(c1ccc(N(C)C)cc1)N(C(C)=O)c1ccccc1-2. The van der Waals surface area contributed by atoms with E-state index >= 15 is 0 Å². The van der Waals surface area contributed by atoms with Gasteiger partial charge in [0.15, 0.2) is 0 Å². The van der Waals surface area contributed by atoms with Crippen LogP contribution in [-0.2, 0) is 4.79 Å². The number of carbonyl (C=O) groups excluding carboxylic acids is 1. The fourth-order valence-corrected chi connectivity index (χ4v) is 3.95. The Bertz CT molecular complexity index is 1080. The molecular weight excluding hydrogens is 386 g/mol. The summed E-state index contributed by atoms with van der Waals surface area (Å²) in [6.45, 7) is 1.53. The summed E-state index contributed by atoms with van der Waals surface area (Å²) in [6.07, 6.45) is 1.25. The largest absolute Gasteiger partial charge is 0.854 e. The predicted octanol–water partition coefficient (Wildman–Crippen LogP) is 2.21. The monoisotopic (exact) mass is 407 g/mol. The van der Waals surface area contributed by atoms with Crippen molar-refractivity contribution >= 4 is 29.0 Å². The standard InChI is InChI=1S/C21H21N5O2S/c1-13(27)25-17-8-6-5-7-16(17)18-19(28)22-21(29-4)23-26(18)20(25)14-9-11-15(12-10-14)24(2)3/h5-12,20H,1-4H3. The van der Waals surface area contributed by atoms with Crippen LogP contribution in [0.25, 0.3) is 11.3 Å². The van der Waals surface area contributed by atoms with Crippen LogP contribution < -0.4 is 19.6 Å². The van der Waals surface area contributed by atoms with Crippen molar-refractivity contribution in [1.29, 1.82) is 0 Å². The van der Waals surface area contributed by atoms with Gasteiger partial charge in [0.25, 0.3) is 17.0 Å². The minimum absolute atomic E-state index is 0.131. The number of carbonyl (C=O) groups is 1. The first-order valence-corrected chi connectivity index (χ1v) is 10.4. The van der Waals surface area contributed by atoms with Gasteiger partial charge in [-0.15, -0.1) is 0 Å². The molecule has 1 unspecified atom stereocenters. The van der Waals surface area contributed by atoms with Gasteiger partial charge >= 0.3 is 0 Å². The molecule has 148 valence electrons. The Morgan fingerprint density at radius 3 is 2.48 bits per heavy atom. The van der Waals surface area contributed by atoms with Crippen LogP contribution in [-0.4, -0.2) is 36.3 Å². The number of rotatable bonds is 3. The van der Waals surface area contributed by atoms with Gasteiger partial charge in [0.1, 0.15) is 0 Å². The second-order valence-corrected chi connectivity index (χ2v) is 7.74. The molecule has 7 nitrogen and oxygen atoms in total. The van der Waals surface area contributed by atoms with Crippen LogP contribution in [0.2, 0.25) is 0 Å². The van der Waals surface area contributed by atoms with E-state index < -0.39 is 6.17 Å². The number of amides is 1. The molecule has 0 N–H and O–H groups in total. The lowest BCUT2D eigenvalue weighted by Gasteiger charge is -2.33. The zero-order chi connectivity index (χ0) is 20.7. The molecule has 8 heteroatoms. The average Bonchev–Trinajstić information content (AvgIpc) is 2.72. The maximum atomic E-state index is 12.9. The molecule has 1 aliphatic rings. The maximum Gasteiger partial charge on any atom is 0.293 e. The summed E-state index contributed by atoms with van der Waals surface area (Å²) in [6, 6.07) is 15.3. The molecule has 0 bridgehead atoms. The number of fused-ring (bicyclic) bond motifs is 3. The first kappa shape index (κ1) is 19.2. The van der Waals surface area contributed by atoms with Gasteiger partial charge in [0.05, 0.1) is 17.1 Å². The first-order chi connectivity index (χ1) is 13.9. The molecule has 2 heterocycles.